The van der Waals surface area contributed by atoms with Gasteiger partial charge in [0.15, 0.2) is 5.58 Å². The van der Waals surface area contributed by atoms with E-state index in [9.17, 15) is 0 Å². The lowest BCUT2D eigenvalue weighted by molar-refractivity contribution is 0.619. The van der Waals surface area contributed by atoms with E-state index in [2.05, 4.69) is 108 Å². The van der Waals surface area contributed by atoms with Gasteiger partial charge in [0.25, 0.3) is 0 Å². The number of rotatable bonds is 4. The standard InChI is InChI=1S/C39H24N2O2/c1-3-11-25(12-4-1)39-40-38-35(43-39)22-21-34-37(38)32-20-19-28(24-36(32)42-34)41(27-14-5-2-6-15-27)33-23-26-13-7-8-16-29(26)30-17-9-10-18-31(30)33/h1-24H. The van der Waals surface area contributed by atoms with E-state index >= 15 is 0 Å². The summed E-state index contributed by atoms with van der Waals surface area (Å²) in [6, 6.07) is 50.4. The first kappa shape index (κ1) is 23.8. The zero-order valence-electron chi connectivity index (χ0n) is 23.1. The molecule has 0 amide bonds. The Morgan fingerprint density at radius 1 is 0.465 bits per heavy atom. The summed E-state index contributed by atoms with van der Waals surface area (Å²) in [5.41, 5.74) is 7.29. The summed E-state index contributed by atoms with van der Waals surface area (Å²) >= 11 is 0. The zero-order valence-corrected chi connectivity index (χ0v) is 23.1. The highest BCUT2D eigenvalue weighted by atomic mass is 16.4. The molecule has 0 unspecified atom stereocenters. The number of para-hydroxylation sites is 1. The van der Waals surface area contributed by atoms with Gasteiger partial charge < -0.3 is 13.7 Å². The first-order valence-corrected chi connectivity index (χ1v) is 14.4. The van der Waals surface area contributed by atoms with Gasteiger partial charge in [-0.25, -0.2) is 4.98 Å². The summed E-state index contributed by atoms with van der Waals surface area (Å²) in [5.74, 6) is 0.604. The number of hydrogen-bond donors (Lipinski definition) is 0. The molecule has 0 aliphatic carbocycles. The number of anilines is 3. The summed E-state index contributed by atoms with van der Waals surface area (Å²) in [6.07, 6.45) is 0. The van der Waals surface area contributed by atoms with Crippen LogP contribution in [0.5, 0.6) is 0 Å². The molecule has 0 spiro atoms. The molecule has 4 nitrogen and oxygen atoms in total. The van der Waals surface area contributed by atoms with Gasteiger partial charge in [0.1, 0.15) is 16.7 Å². The fourth-order valence-corrected chi connectivity index (χ4v) is 6.31. The molecule has 0 atom stereocenters. The van der Waals surface area contributed by atoms with Gasteiger partial charge in [-0.05, 0) is 70.8 Å². The largest absolute Gasteiger partial charge is 0.456 e. The van der Waals surface area contributed by atoms with Crippen LogP contribution in [0.2, 0.25) is 0 Å². The first-order valence-electron chi connectivity index (χ1n) is 14.4. The normalized spacial score (nSPS) is 11.7. The summed E-state index contributed by atoms with van der Waals surface area (Å²) in [4.78, 5) is 7.23. The Hall–Kier alpha value is -5.87. The van der Waals surface area contributed by atoms with E-state index in [1.165, 1.54) is 21.5 Å². The molecule has 0 radical (unpaired) electrons. The minimum atomic E-state index is 0.604. The average Bonchev–Trinajstić information content (AvgIpc) is 3.67. The van der Waals surface area contributed by atoms with E-state index in [1.807, 2.05) is 42.5 Å². The van der Waals surface area contributed by atoms with Crippen LogP contribution in [0.1, 0.15) is 0 Å². The van der Waals surface area contributed by atoms with Crippen molar-refractivity contribution in [2.45, 2.75) is 0 Å². The van der Waals surface area contributed by atoms with Crippen molar-refractivity contribution in [3.05, 3.63) is 146 Å². The maximum atomic E-state index is 6.49. The number of benzene rings is 7. The van der Waals surface area contributed by atoms with Crippen LogP contribution in [0.3, 0.4) is 0 Å². The monoisotopic (exact) mass is 552 g/mol. The number of aromatic nitrogens is 1. The summed E-state index contributed by atoms with van der Waals surface area (Å²) < 4.78 is 12.7. The highest BCUT2D eigenvalue weighted by Gasteiger charge is 2.20. The third kappa shape index (κ3) is 3.74. The van der Waals surface area contributed by atoms with E-state index in [4.69, 9.17) is 13.8 Å². The second-order valence-corrected chi connectivity index (χ2v) is 10.8. The fourth-order valence-electron chi connectivity index (χ4n) is 6.31. The molecule has 7 aromatic carbocycles. The Balaban J connectivity index is 1.28. The molecule has 4 heteroatoms. The lowest BCUT2D eigenvalue weighted by Gasteiger charge is -2.27. The van der Waals surface area contributed by atoms with Gasteiger partial charge in [-0.15, -0.1) is 0 Å². The molecular formula is C39H24N2O2. The van der Waals surface area contributed by atoms with Crippen LogP contribution in [0.15, 0.2) is 154 Å². The third-order valence-electron chi connectivity index (χ3n) is 8.26. The number of oxazole rings is 1. The van der Waals surface area contributed by atoms with Crippen LogP contribution in [-0.4, -0.2) is 4.98 Å². The van der Waals surface area contributed by atoms with Gasteiger partial charge in [-0.3, -0.25) is 0 Å². The fraction of sp³-hybridized carbons (Fsp3) is 0. The number of hydrogen-bond acceptors (Lipinski definition) is 4. The van der Waals surface area contributed by atoms with Crippen molar-refractivity contribution in [1.82, 2.24) is 4.98 Å². The van der Waals surface area contributed by atoms with Crippen LogP contribution in [0, 0.1) is 0 Å². The molecule has 43 heavy (non-hydrogen) atoms. The van der Waals surface area contributed by atoms with Gasteiger partial charge >= 0.3 is 0 Å². The molecule has 202 valence electrons. The van der Waals surface area contributed by atoms with Crippen molar-refractivity contribution in [3.8, 4) is 11.5 Å². The molecule has 9 rings (SSSR count). The van der Waals surface area contributed by atoms with Crippen LogP contribution >= 0.6 is 0 Å². The van der Waals surface area contributed by atoms with Crippen LogP contribution < -0.4 is 4.90 Å². The molecule has 0 aliphatic rings. The molecule has 0 bridgehead atoms. The van der Waals surface area contributed by atoms with Crippen molar-refractivity contribution in [3.63, 3.8) is 0 Å². The first-order chi connectivity index (χ1) is 21.3. The maximum Gasteiger partial charge on any atom is 0.227 e. The van der Waals surface area contributed by atoms with E-state index in [-0.39, 0.29) is 0 Å². The molecule has 9 aromatic rings. The zero-order chi connectivity index (χ0) is 28.3. The molecule has 0 fully saturated rings. The molecule has 2 heterocycles. The summed E-state index contributed by atoms with van der Waals surface area (Å²) in [5, 5.41) is 6.83. The summed E-state index contributed by atoms with van der Waals surface area (Å²) in [7, 11) is 0. The van der Waals surface area contributed by atoms with Gasteiger partial charge in [0.05, 0.1) is 11.1 Å². The van der Waals surface area contributed by atoms with Crippen molar-refractivity contribution in [2.75, 3.05) is 4.90 Å². The Kier molecular flexibility index (Phi) is 5.16. The van der Waals surface area contributed by atoms with Gasteiger partial charge in [0, 0.05) is 33.8 Å². The molecule has 0 N–H and O–H groups in total. The second-order valence-electron chi connectivity index (χ2n) is 10.8. The van der Waals surface area contributed by atoms with Crippen molar-refractivity contribution in [2.24, 2.45) is 0 Å². The Morgan fingerprint density at radius 2 is 1.16 bits per heavy atom. The number of nitrogens with zero attached hydrogens (tertiary/aromatic N) is 2. The van der Waals surface area contributed by atoms with E-state index < -0.39 is 0 Å². The lowest BCUT2D eigenvalue weighted by Crippen LogP contribution is -2.10. The Labute approximate surface area is 247 Å². The minimum Gasteiger partial charge on any atom is -0.456 e. The summed E-state index contributed by atoms with van der Waals surface area (Å²) in [6.45, 7) is 0. The van der Waals surface area contributed by atoms with E-state index in [0.29, 0.717) is 5.89 Å². The average molecular weight is 553 g/mol. The van der Waals surface area contributed by atoms with E-state index in [1.54, 1.807) is 0 Å². The molecule has 0 saturated heterocycles. The quantitative estimate of drug-likeness (QED) is 0.204. The molecule has 0 saturated carbocycles. The van der Waals surface area contributed by atoms with Gasteiger partial charge in [-0.1, -0.05) is 84.9 Å². The number of furan rings is 1. The minimum absolute atomic E-state index is 0.604. The van der Waals surface area contributed by atoms with Crippen molar-refractivity contribution < 1.29 is 8.83 Å². The Bertz CT molecular complexity index is 2460. The van der Waals surface area contributed by atoms with Crippen LogP contribution in [0.4, 0.5) is 17.1 Å². The topological polar surface area (TPSA) is 42.4 Å². The van der Waals surface area contributed by atoms with Gasteiger partial charge in [0.2, 0.25) is 5.89 Å². The van der Waals surface area contributed by atoms with Crippen molar-refractivity contribution >= 4 is 71.6 Å². The maximum absolute atomic E-state index is 6.49. The smallest absolute Gasteiger partial charge is 0.227 e. The highest BCUT2D eigenvalue weighted by Crippen LogP contribution is 2.44. The molecule has 2 aromatic heterocycles. The van der Waals surface area contributed by atoms with Crippen LogP contribution in [-0.2, 0) is 0 Å². The van der Waals surface area contributed by atoms with Crippen molar-refractivity contribution in [1.29, 1.82) is 0 Å². The Morgan fingerprint density at radius 3 is 2.00 bits per heavy atom. The third-order valence-corrected chi connectivity index (χ3v) is 8.26. The highest BCUT2D eigenvalue weighted by molar-refractivity contribution is 6.18. The SMILES string of the molecule is c1ccc(-c2nc3c(ccc4oc5cc(N(c6ccccc6)c6cc7ccccc7c7ccccc67)ccc5c43)o2)cc1. The second kappa shape index (κ2) is 9.33. The van der Waals surface area contributed by atoms with Gasteiger partial charge in [-0.2, -0.15) is 0 Å². The number of fused-ring (bicyclic) bond motifs is 8. The molecule has 0 aliphatic heterocycles. The van der Waals surface area contributed by atoms with Crippen LogP contribution in [0.25, 0.3) is 66.0 Å². The predicted octanol–water partition coefficient (Wildman–Crippen LogP) is 11.2. The molecular weight excluding hydrogens is 528 g/mol. The lowest BCUT2D eigenvalue weighted by atomic mass is 9.99. The predicted molar refractivity (Wildman–Crippen MR) is 176 cm³/mol. The van der Waals surface area contributed by atoms with E-state index in [0.717, 1.165) is 55.7 Å².